The fourth-order valence-electron chi connectivity index (χ4n) is 1.83. The number of nitrogens with zero attached hydrogens (tertiary/aromatic N) is 2. The minimum Gasteiger partial charge on any atom is -0.305 e. The first-order valence-corrected chi connectivity index (χ1v) is 6.64. The summed E-state index contributed by atoms with van der Waals surface area (Å²) in [6, 6.07) is 14.0. The minimum absolute atomic E-state index is 0.245. The van der Waals surface area contributed by atoms with Crippen molar-refractivity contribution >= 4 is 23.3 Å². The SMILES string of the molecule is O=C(Nc1cc(-c2ccccn2)[nH]n1)c1ccc(Cl)cc1. The second-order valence-electron chi connectivity index (χ2n) is 4.34. The third-order valence-electron chi connectivity index (χ3n) is 2.87. The normalized spacial score (nSPS) is 10.3. The van der Waals surface area contributed by atoms with Crippen LogP contribution in [-0.2, 0) is 0 Å². The maximum atomic E-state index is 12.0. The summed E-state index contributed by atoms with van der Waals surface area (Å²) in [4.78, 5) is 16.3. The van der Waals surface area contributed by atoms with Crippen molar-refractivity contribution in [1.82, 2.24) is 15.2 Å². The molecule has 2 aromatic heterocycles. The quantitative estimate of drug-likeness (QED) is 0.778. The molecule has 0 aliphatic carbocycles. The van der Waals surface area contributed by atoms with Crippen LogP contribution in [0.4, 0.5) is 5.82 Å². The van der Waals surface area contributed by atoms with E-state index in [0.717, 1.165) is 11.4 Å². The smallest absolute Gasteiger partial charge is 0.256 e. The zero-order valence-electron chi connectivity index (χ0n) is 10.9. The number of pyridine rings is 1. The van der Waals surface area contributed by atoms with Crippen molar-refractivity contribution in [3.8, 4) is 11.4 Å². The van der Waals surface area contributed by atoms with E-state index in [1.165, 1.54) is 0 Å². The average Bonchev–Trinajstić information content (AvgIpc) is 2.97. The number of amides is 1. The van der Waals surface area contributed by atoms with Crippen molar-refractivity contribution < 1.29 is 4.79 Å². The van der Waals surface area contributed by atoms with Crippen LogP contribution < -0.4 is 5.32 Å². The van der Waals surface area contributed by atoms with E-state index in [4.69, 9.17) is 11.6 Å². The topological polar surface area (TPSA) is 70.7 Å². The Morgan fingerprint density at radius 2 is 1.95 bits per heavy atom. The van der Waals surface area contributed by atoms with Gasteiger partial charge < -0.3 is 5.32 Å². The summed E-state index contributed by atoms with van der Waals surface area (Å²) in [5, 5.41) is 10.2. The van der Waals surface area contributed by atoms with Gasteiger partial charge in [0.1, 0.15) is 0 Å². The van der Waals surface area contributed by atoms with Gasteiger partial charge in [-0.05, 0) is 36.4 Å². The molecule has 0 saturated carbocycles. The number of H-pyrrole nitrogens is 1. The molecule has 3 aromatic rings. The Morgan fingerprint density at radius 3 is 2.67 bits per heavy atom. The van der Waals surface area contributed by atoms with Gasteiger partial charge in [0.25, 0.3) is 5.91 Å². The van der Waals surface area contributed by atoms with Crippen LogP contribution in [0.3, 0.4) is 0 Å². The molecule has 0 radical (unpaired) electrons. The summed E-state index contributed by atoms with van der Waals surface area (Å²) in [7, 11) is 0. The maximum absolute atomic E-state index is 12.0. The third-order valence-corrected chi connectivity index (χ3v) is 3.12. The predicted molar refractivity (Wildman–Crippen MR) is 81.2 cm³/mol. The van der Waals surface area contributed by atoms with E-state index in [2.05, 4.69) is 20.5 Å². The highest BCUT2D eigenvalue weighted by molar-refractivity contribution is 6.30. The molecule has 0 aliphatic rings. The molecule has 0 unspecified atom stereocenters. The number of hydrogen-bond donors (Lipinski definition) is 2. The molecular weight excluding hydrogens is 288 g/mol. The van der Waals surface area contributed by atoms with Crippen molar-refractivity contribution in [3.63, 3.8) is 0 Å². The Hall–Kier alpha value is -2.66. The van der Waals surface area contributed by atoms with Gasteiger partial charge in [-0.25, -0.2) is 0 Å². The number of halogens is 1. The van der Waals surface area contributed by atoms with Gasteiger partial charge in [-0.1, -0.05) is 17.7 Å². The lowest BCUT2D eigenvalue weighted by atomic mass is 10.2. The number of benzene rings is 1. The molecule has 2 N–H and O–H groups in total. The Morgan fingerprint density at radius 1 is 1.14 bits per heavy atom. The number of carbonyl (C=O) groups excluding carboxylic acids is 1. The third kappa shape index (κ3) is 3.09. The van der Waals surface area contributed by atoms with E-state index in [1.807, 2.05) is 18.2 Å². The molecule has 104 valence electrons. The zero-order valence-corrected chi connectivity index (χ0v) is 11.6. The number of nitrogens with one attached hydrogen (secondary N) is 2. The van der Waals surface area contributed by atoms with E-state index in [9.17, 15) is 4.79 Å². The fourth-order valence-corrected chi connectivity index (χ4v) is 1.95. The largest absolute Gasteiger partial charge is 0.305 e. The van der Waals surface area contributed by atoms with Crippen LogP contribution in [0.15, 0.2) is 54.7 Å². The van der Waals surface area contributed by atoms with Crippen LogP contribution in [0.2, 0.25) is 5.02 Å². The molecule has 0 aliphatic heterocycles. The van der Waals surface area contributed by atoms with Crippen LogP contribution in [-0.4, -0.2) is 21.1 Å². The summed E-state index contributed by atoms with van der Waals surface area (Å²) in [5.74, 6) is 0.196. The minimum atomic E-state index is -0.245. The summed E-state index contributed by atoms with van der Waals surface area (Å²) in [6.07, 6.45) is 1.70. The van der Waals surface area contributed by atoms with E-state index in [1.54, 1.807) is 36.5 Å². The first-order valence-electron chi connectivity index (χ1n) is 6.26. The van der Waals surface area contributed by atoms with Gasteiger partial charge in [-0.2, -0.15) is 5.10 Å². The number of aromatic amines is 1. The van der Waals surface area contributed by atoms with E-state index in [-0.39, 0.29) is 5.91 Å². The highest BCUT2D eigenvalue weighted by atomic mass is 35.5. The molecule has 0 saturated heterocycles. The molecule has 6 heteroatoms. The van der Waals surface area contributed by atoms with Crippen LogP contribution in [0, 0.1) is 0 Å². The second kappa shape index (κ2) is 5.76. The van der Waals surface area contributed by atoms with E-state index in [0.29, 0.717) is 16.4 Å². The highest BCUT2D eigenvalue weighted by Gasteiger charge is 2.09. The van der Waals surface area contributed by atoms with Gasteiger partial charge in [0.05, 0.1) is 11.4 Å². The number of rotatable bonds is 3. The molecule has 5 nitrogen and oxygen atoms in total. The molecule has 2 heterocycles. The standard InChI is InChI=1S/C15H11ClN4O/c16-11-6-4-10(5-7-11)15(21)18-14-9-13(19-20-14)12-3-1-2-8-17-12/h1-9H,(H2,18,19,20,21). The van der Waals surface area contributed by atoms with Crippen LogP contribution >= 0.6 is 11.6 Å². The van der Waals surface area contributed by atoms with Crippen molar-refractivity contribution in [1.29, 1.82) is 0 Å². The van der Waals surface area contributed by atoms with Gasteiger partial charge in [-0.15, -0.1) is 0 Å². The molecule has 0 bridgehead atoms. The Bertz CT molecular complexity index is 753. The monoisotopic (exact) mass is 298 g/mol. The molecule has 0 fully saturated rings. The van der Waals surface area contributed by atoms with Gasteiger partial charge in [0, 0.05) is 22.8 Å². The first kappa shape index (κ1) is 13.3. The summed E-state index contributed by atoms with van der Waals surface area (Å²) >= 11 is 5.79. The molecule has 1 aromatic carbocycles. The Labute approximate surface area is 126 Å². The number of aromatic nitrogens is 3. The van der Waals surface area contributed by atoms with Crippen molar-refractivity contribution in [2.45, 2.75) is 0 Å². The summed E-state index contributed by atoms with van der Waals surface area (Å²) in [6.45, 7) is 0. The Kier molecular flexibility index (Phi) is 3.66. The average molecular weight is 299 g/mol. The van der Waals surface area contributed by atoms with Crippen molar-refractivity contribution in [3.05, 3.63) is 65.3 Å². The molecule has 0 atom stereocenters. The lowest BCUT2D eigenvalue weighted by molar-refractivity contribution is 0.102. The van der Waals surface area contributed by atoms with Gasteiger partial charge >= 0.3 is 0 Å². The summed E-state index contributed by atoms with van der Waals surface area (Å²) in [5.41, 5.74) is 2.01. The fraction of sp³-hybridized carbons (Fsp3) is 0. The van der Waals surface area contributed by atoms with Crippen LogP contribution in [0.25, 0.3) is 11.4 Å². The molecule has 21 heavy (non-hydrogen) atoms. The predicted octanol–water partition coefficient (Wildman–Crippen LogP) is 3.38. The maximum Gasteiger partial charge on any atom is 0.256 e. The zero-order chi connectivity index (χ0) is 14.7. The van der Waals surface area contributed by atoms with E-state index < -0.39 is 0 Å². The Balaban J connectivity index is 1.75. The lowest BCUT2D eigenvalue weighted by Crippen LogP contribution is -2.11. The number of hydrogen-bond acceptors (Lipinski definition) is 3. The number of carbonyl (C=O) groups is 1. The highest BCUT2D eigenvalue weighted by Crippen LogP contribution is 2.17. The molecular formula is C15H11ClN4O. The van der Waals surface area contributed by atoms with E-state index >= 15 is 0 Å². The van der Waals surface area contributed by atoms with Gasteiger partial charge in [0.2, 0.25) is 0 Å². The van der Waals surface area contributed by atoms with Crippen molar-refractivity contribution in [2.24, 2.45) is 0 Å². The van der Waals surface area contributed by atoms with Crippen LogP contribution in [0.1, 0.15) is 10.4 Å². The first-order chi connectivity index (χ1) is 10.2. The molecule has 0 spiro atoms. The second-order valence-corrected chi connectivity index (χ2v) is 4.78. The van der Waals surface area contributed by atoms with Crippen LogP contribution in [0.5, 0.6) is 0 Å². The molecule has 1 amide bonds. The van der Waals surface area contributed by atoms with Gasteiger partial charge in [0.15, 0.2) is 5.82 Å². The van der Waals surface area contributed by atoms with Crippen molar-refractivity contribution in [2.75, 3.05) is 5.32 Å². The summed E-state index contributed by atoms with van der Waals surface area (Å²) < 4.78 is 0. The lowest BCUT2D eigenvalue weighted by Gasteiger charge is -2.01. The molecule has 3 rings (SSSR count). The number of anilines is 1. The van der Waals surface area contributed by atoms with Gasteiger partial charge in [-0.3, -0.25) is 14.9 Å².